The smallest absolute Gasteiger partial charge is 0.307 e. The summed E-state index contributed by atoms with van der Waals surface area (Å²) < 4.78 is 20.2. The fourth-order valence-electron chi connectivity index (χ4n) is 2.03. The van der Waals surface area contributed by atoms with Crippen LogP contribution in [-0.2, 0) is 16.6 Å². The number of hydrogen-bond donors (Lipinski definition) is 1. The molecule has 0 aliphatic carbocycles. The summed E-state index contributed by atoms with van der Waals surface area (Å²) in [6.45, 7) is 4.26. The van der Waals surface area contributed by atoms with Gasteiger partial charge in [-0.05, 0) is 31.5 Å². The highest BCUT2D eigenvalue weighted by Crippen LogP contribution is 2.25. The summed E-state index contributed by atoms with van der Waals surface area (Å²) in [6, 6.07) is 3.22. The van der Waals surface area contributed by atoms with Crippen LogP contribution >= 0.6 is 0 Å². The van der Waals surface area contributed by atoms with Gasteiger partial charge in [0.15, 0.2) is 5.82 Å². The molecule has 0 saturated heterocycles. The Morgan fingerprint density at radius 3 is 2.95 bits per heavy atom. The minimum Gasteiger partial charge on any atom is -0.466 e. The second-order valence-corrected chi connectivity index (χ2v) is 4.57. The van der Waals surface area contributed by atoms with Crippen molar-refractivity contribution >= 4 is 22.7 Å². The van der Waals surface area contributed by atoms with Crippen LogP contribution in [0.25, 0.3) is 10.9 Å². The monoisotopic (exact) mass is 279 g/mol. The molecule has 0 fully saturated rings. The molecule has 0 aliphatic heterocycles. The maximum Gasteiger partial charge on any atom is 0.307 e. The van der Waals surface area contributed by atoms with E-state index in [2.05, 4.69) is 10.4 Å². The van der Waals surface area contributed by atoms with Gasteiger partial charge in [-0.1, -0.05) is 0 Å². The number of ether oxygens (including phenoxy) is 1. The van der Waals surface area contributed by atoms with E-state index in [1.165, 1.54) is 6.07 Å². The Bertz CT molecular complexity index is 637. The predicted molar refractivity (Wildman–Crippen MR) is 75.1 cm³/mol. The van der Waals surface area contributed by atoms with Crippen LogP contribution in [0, 0.1) is 12.7 Å². The summed E-state index contributed by atoms with van der Waals surface area (Å²) in [7, 11) is 1.80. The third-order valence-electron chi connectivity index (χ3n) is 3.06. The van der Waals surface area contributed by atoms with E-state index in [1.807, 2.05) is 0 Å². The van der Waals surface area contributed by atoms with Gasteiger partial charge in [0.2, 0.25) is 0 Å². The first-order valence-corrected chi connectivity index (χ1v) is 6.55. The van der Waals surface area contributed by atoms with E-state index in [1.54, 1.807) is 31.6 Å². The average Bonchev–Trinajstić information content (AvgIpc) is 2.68. The van der Waals surface area contributed by atoms with Crippen molar-refractivity contribution in [2.75, 3.05) is 18.5 Å². The van der Waals surface area contributed by atoms with Crippen molar-refractivity contribution in [3.63, 3.8) is 0 Å². The van der Waals surface area contributed by atoms with Gasteiger partial charge in [-0.2, -0.15) is 5.10 Å². The number of esters is 1. The van der Waals surface area contributed by atoms with Gasteiger partial charge >= 0.3 is 5.97 Å². The van der Waals surface area contributed by atoms with Gasteiger partial charge in [0.25, 0.3) is 0 Å². The van der Waals surface area contributed by atoms with Crippen LogP contribution < -0.4 is 5.32 Å². The number of fused-ring (bicyclic) bond motifs is 1. The Kier molecular flexibility index (Phi) is 4.22. The number of benzene rings is 1. The molecule has 20 heavy (non-hydrogen) atoms. The molecular formula is C14H18FN3O2. The molecule has 1 aromatic carbocycles. The van der Waals surface area contributed by atoms with E-state index in [-0.39, 0.29) is 18.2 Å². The maximum absolute atomic E-state index is 13.6. The molecule has 0 atom stereocenters. The molecule has 1 heterocycles. The van der Waals surface area contributed by atoms with E-state index in [0.29, 0.717) is 29.9 Å². The van der Waals surface area contributed by atoms with Crippen molar-refractivity contribution in [1.29, 1.82) is 0 Å². The zero-order valence-electron chi connectivity index (χ0n) is 11.9. The Morgan fingerprint density at radius 1 is 1.50 bits per heavy atom. The van der Waals surface area contributed by atoms with Crippen molar-refractivity contribution in [3.05, 3.63) is 23.5 Å². The highest BCUT2D eigenvalue weighted by Gasteiger charge is 2.11. The van der Waals surface area contributed by atoms with Crippen LogP contribution in [0.5, 0.6) is 0 Å². The average molecular weight is 279 g/mol. The van der Waals surface area contributed by atoms with Crippen LogP contribution in [0.3, 0.4) is 0 Å². The summed E-state index contributed by atoms with van der Waals surface area (Å²) in [6.07, 6.45) is 0.250. The Morgan fingerprint density at radius 2 is 2.25 bits per heavy atom. The van der Waals surface area contributed by atoms with Crippen molar-refractivity contribution in [3.8, 4) is 0 Å². The van der Waals surface area contributed by atoms with Crippen molar-refractivity contribution in [2.24, 2.45) is 7.05 Å². The second kappa shape index (κ2) is 5.90. The normalized spacial score (nSPS) is 10.8. The van der Waals surface area contributed by atoms with Gasteiger partial charge in [-0.3, -0.25) is 9.48 Å². The van der Waals surface area contributed by atoms with Crippen LogP contribution in [0.1, 0.15) is 18.9 Å². The van der Waals surface area contributed by atoms with E-state index in [4.69, 9.17) is 4.74 Å². The molecule has 0 amide bonds. The van der Waals surface area contributed by atoms with Gasteiger partial charge in [0, 0.05) is 19.0 Å². The molecule has 0 aliphatic rings. The molecule has 0 radical (unpaired) electrons. The number of nitrogens with zero attached hydrogens (tertiary/aromatic N) is 2. The SMILES string of the molecule is CCOC(=O)CCNc1nn(C)c2cc(C)c(F)cc12. The zero-order chi connectivity index (χ0) is 14.7. The largest absolute Gasteiger partial charge is 0.466 e. The van der Waals surface area contributed by atoms with Crippen LogP contribution in [0.15, 0.2) is 12.1 Å². The summed E-state index contributed by atoms with van der Waals surface area (Å²) in [5.41, 5.74) is 1.43. The highest BCUT2D eigenvalue weighted by molar-refractivity contribution is 5.90. The van der Waals surface area contributed by atoms with Gasteiger partial charge < -0.3 is 10.1 Å². The Labute approximate surface area is 116 Å². The molecule has 2 aromatic rings. The number of aromatic nitrogens is 2. The maximum atomic E-state index is 13.6. The molecule has 0 bridgehead atoms. The minimum atomic E-state index is -0.265. The molecule has 108 valence electrons. The predicted octanol–water partition coefficient (Wildman–Crippen LogP) is 2.39. The molecule has 5 nitrogen and oxygen atoms in total. The molecule has 1 N–H and O–H groups in total. The summed E-state index contributed by atoms with van der Waals surface area (Å²) in [5.74, 6) is 0.0481. The molecule has 0 unspecified atom stereocenters. The van der Waals surface area contributed by atoms with E-state index in [9.17, 15) is 9.18 Å². The van der Waals surface area contributed by atoms with E-state index < -0.39 is 0 Å². The molecule has 0 saturated carbocycles. The van der Waals surface area contributed by atoms with Crippen LogP contribution in [0.4, 0.5) is 10.2 Å². The number of carbonyl (C=O) groups excluding carboxylic acids is 1. The highest BCUT2D eigenvalue weighted by atomic mass is 19.1. The van der Waals surface area contributed by atoms with Crippen molar-refractivity contribution in [2.45, 2.75) is 20.3 Å². The van der Waals surface area contributed by atoms with Gasteiger partial charge in [-0.15, -0.1) is 0 Å². The van der Waals surface area contributed by atoms with Crippen molar-refractivity contribution < 1.29 is 13.9 Å². The lowest BCUT2D eigenvalue weighted by Gasteiger charge is -2.04. The number of aryl methyl sites for hydroxylation is 2. The fourth-order valence-corrected chi connectivity index (χ4v) is 2.03. The first-order chi connectivity index (χ1) is 9.52. The number of carbonyl (C=O) groups is 1. The number of anilines is 1. The third kappa shape index (κ3) is 2.89. The lowest BCUT2D eigenvalue weighted by atomic mass is 10.1. The first kappa shape index (κ1) is 14.3. The zero-order valence-corrected chi connectivity index (χ0v) is 11.9. The fraction of sp³-hybridized carbons (Fsp3) is 0.429. The number of halogens is 1. The number of nitrogens with one attached hydrogen (secondary N) is 1. The first-order valence-electron chi connectivity index (χ1n) is 6.55. The van der Waals surface area contributed by atoms with E-state index >= 15 is 0 Å². The van der Waals surface area contributed by atoms with Crippen molar-refractivity contribution in [1.82, 2.24) is 9.78 Å². The quantitative estimate of drug-likeness (QED) is 0.854. The Hall–Kier alpha value is -2.11. The topological polar surface area (TPSA) is 56.1 Å². The van der Waals surface area contributed by atoms with Crippen LogP contribution in [-0.4, -0.2) is 28.9 Å². The number of hydrogen-bond acceptors (Lipinski definition) is 4. The minimum absolute atomic E-state index is 0.250. The summed E-state index contributed by atoms with van der Waals surface area (Å²) in [5, 5.41) is 8.05. The van der Waals surface area contributed by atoms with E-state index in [0.717, 1.165) is 5.52 Å². The van der Waals surface area contributed by atoms with Gasteiger partial charge in [0.1, 0.15) is 5.82 Å². The van der Waals surface area contributed by atoms with Gasteiger partial charge in [-0.25, -0.2) is 4.39 Å². The molecule has 1 aromatic heterocycles. The summed E-state index contributed by atoms with van der Waals surface area (Å²) >= 11 is 0. The lowest BCUT2D eigenvalue weighted by Crippen LogP contribution is -2.11. The lowest BCUT2D eigenvalue weighted by molar-refractivity contribution is -0.142. The van der Waals surface area contributed by atoms with Crippen LogP contribution in [0.2, 0.25) is 0 Å². The molecule has 2 rings (SSSR count). The number of rotatable bonds is 5. The third-order valence-corrected chi connectivity index (χ3v) is 3.06. The van der Waals surface area contributed by atoms with Gasteiger partial charge in [0.05, 0.1) is 18.5 Å². The molecule has 6 heteroatoms. The Balaban J connectivity index is 2.14. The standard InChI is InChI=1S/C14H18FN3O2/c1-4-20-13(19)5-6-16-14-10-8-11(15)9(2)7-12(10)18(3)17-14/h7-8H,4-6H2,1-3H3,(H,16,17). The molecular weight excluding hydrogens is 261 g/mol. The second-order valence-electron chi connectivity index (χ2n) is 4.57. The summed E-state index contributed by atoms with van der Waals surface area (Å²) in [4.78, 5) is 11.3. The molecule has 0 spiro atoms.